The van der Waals surface area contributed by atoms with Gasteiger partial charge >= 0.3 is 12.1 Å². The predicted octanol–water partition coefficient (Wildman–Crippen LogP) is 4.69. The highest BCUT2D eigenvalue weighted by atomic mass is 16.6. The number of hydrogen-bond donors (Lipinski definition) is 3. The monoisotopic (exact) mass is 435 g/mol. The van der Waals surface area contributed by atoms with Crippen molar-refractivity contribution in [1.82, 2.24) is 5.32 Å². The normalized spacial score (nSPS) is 11.8. The molecule has 2 aromatic carbocycles. The third-order valence-corrected chi connectivity index (χ3v) is 4.61. The van der Waals surface area contributed by atoms with Crippen molar-refractivity contribution in [2.24, 2.45) is 0 Å². The second-order valence-electron chi connectivity index (χ2n) is 6.90. The molecule has 0 aliphatic rings. The summed E-state index contributed by atoms with van der Waals surface area (Å²) < 4.78 is 10.4. The van der Waals surface area contributed by atoms with Gasteiger partial charge in [-0.2, -0.15) is 10.5 Å². The number of carbonyl (C=O) groups excluding carboxylic acids is 2. The van der Waals surface area contributed by atoms with Crippen molar-refractivity contribution in [2.45, 2.75) is 38.8 Å². The highest BCUT2D eigenvalue weighted by Gasteiger charge is 2.16. The van der Waals surface area contributed by atoms with Crippen LogP contribution in [0, 0.1) is 22.7 Å². The number of ether oxygens (including phenoxy) is 2. The number of nitrogens with one attached hydrogen (secondary N) is 3. The zero-order valence-corrected chi connectivity index (χ0v) is 18.1. The maximum Gasteiger partial charge on any atom is 0.407 e. The first kappa shape index (κ1) is 24.0. The van der Waals surface area contributed by atoms with Crippen LogP contribution in [0.5, 0.6) is 5.75 Å². The number of carbonyl (C=O) groups is 2. The molecular weight excluding hydrogens is 410 g/mol. The van der Waals surface area contributed by atoms with Crippen LogP contribution in [-0.2, 0) is 4.74 Å². The third kappa shape index (κ3) is 6.92. The van der Waals surface area contributed by atoms with Gasteiger partial charge in [0.05, 0.1) is 31.2 Å². The topological polar surface area (TPSA) is 136 Å². The van der Waals surface area contributed by atoms with Crippen LogP contribution < -0.4 is 20.7 Å². The summed E-state index contributed by atoms with van der Waals surface area (Å²) in [4.78, 5) is 24.4. The molecule has 0 saturated carbocycles. The van der Waals surface area contributed by atoms with Gasteiger partial charge < -0.3 is 25.4 Å². The number of anilines is 2. The quantitative estimate of drug-likeness (QED) is 0.550. The number of methoxy groups -OCH3 is 1. The van der Waals surface area contributed by atoms with Gasteiger partial charge in [0.25, 0.3) is 0 Å². The molecule has 0 heterocycles. The number of hydrogen-bond acceptors (Lipinski definition) is 6. The fourth-order valence-electron chi connectivity index (χ4n) is 2.86. The summed E-state index contributed by atoms with van der Waals surface area (Å²) in [5, 5.41) is 25.9. The average Bonchev–Trinajstić information content (AvgIpc) is 2.78. The summed E-state index contributed by atoms with van der Waals surface area (Å²) in [5.74, 6) is 0.360. The molecule has 0 bridgehead atoms. The smallest absolute Gasteiger partial charge is 0.407 e. The molecule has 9 nitrogen and oxygen atoms in total. The van der Waals surface area contributed by atoms with E-state index in [1.807, 2.05) is 25.1 Å². The van der Waals surface area contributed by atoms with Gasteiger partial charge in [-0.05, 0) is 43.2 Å². The summed E-state index contributed by atoms with van der Waals surface area (Å²) in [7, 11) is 1.45. The highest BCUT2D eigenvalue weighted by Crippen LogP contribution is 2.23. The summed E-state index contributed by atoms with van der Waals surface area (Å²) in [6.45, 7) is 3.63. The molecule has 0 aliphatic heterocycles. The zero-order valence-electron chi connectivity index (χ0n) is 18.1. The van der Waals surface area contributed by atoms with Crippen LogP contribution >= 0.6 is 0 Å². The van der Waals surface area contributed by atoms with E-state index in [9.17, 15) is 9.59 Å². The lowest BCUT2D eigenvalue weighted by molar-refractivity contribution is 0.0950. The minimum Gasteiger partial charge on any atom is -0.495 e. The van der Waals surface area contributed by atoms with Crippen LogP contribution in [-0.4, -0.2) is 25.3 Å². The number of alkyl carbamates (subject to hydrolysis) is 1. The number of rotatable bonds is 8. The fourth-order valence-corrected chi connectivity index (χ4v) is 2.86. The molecule has 3 N–H and O–H groups in total. The molecule has 0 unspecified atom stereocenters. The Hall–Kier alpha value is -4.24. The van der Waals surface area contributed by atoms with Crippen LogP contribution in [0.15, 0.2) is 42.5 Å². The molecular formula is C23H25N5O4. The van der Waals surface area contributed by atoms with Gasteiger partial charge in [-0.15, -0.1) is 0 Å². The van der Waals surface area contributed by atoms with E-state index in [1.54, 1.807) is 43.3 Å². The lowest BCUT2D eigenvalue weighted by atomic mass is 10.1. The fraction of sp³-hybridized carbons (Fsp3) is 0.304. The van der Waals surface area contributed by atoms with Gasteiger partial charge in [0.1, 0.15) is 17.9 Å². The summed E-state index contributed by atoms with van der Waals surface area (Å²) in [6, 6.07) is 14.9. The second kappa shape index (κ2) is 11.8. The Balaban J connectivity index is 1.99. The Labute approximate surface area is 186 Å². The first-order chi connectivity index (χ1) is 15.4. The SMILES string of the molecule is CC[C@H](CC#N)OC(=O)N[C@H](C)c1cccc(NC(=O)Nc2ccc(C#N)c(OC)c2)c1. The van der Waals surface area contributed by atoms with E-state index in [0.717, 1.165) is 5.56 Å². The van der Waals surface area contributed by atoms with E-state index in [1.165, 1.54) is 7.11 Å². The van der Waals surface area contributed by atoms with Crippen molar-refractivity contribution < 1.29 is 19.1 Å². The van der Waals surface area contributed by atoms with E-state index < -0.39 is 18.2 Å². The van der Waals surface area contributed by atoms with Gasteiger partial charge in [0.2, 0.25) is 0 Å². The number of nitriles is 2. The third-order valence-electron chi connectivity index (χ3n) is 4.61. The number of nitrogens with zero attached hydrogens (tertiary/aromatic N) is 2. The molecule has 0 radical (unpaired) electrons. The highest BCUT2D eigenvalue weighted by molar-refractivity contribution is 6.00. The summed E-state index contributed by atoms with van der Waals surface area (Å²) in [6.07, 6.45) is -0.373. The lowest BCUT2D eigenvalue weighted by Gasteiger charge is -2.18. The lowest BCUT2D eigenvalue weighted by Crippen LogP contribution is -2.31. The van der Waals surface area contributed by atoms with Crippen molar-refractivity contribution in [3.05, 3.63) is 53.6 Å². The maximum absolute atomic E-state index is 12.4. The first-order valence-corrected chi connectivity index (χ1v) is 10.00. The van der Waals surface area contributed by atoms with Crippen molar-refractivity contribution >= 4 is 23.5 Å². The van der Waals surface area contributed by atoms with Gasteiger partial charge in [-0.1, -0.05) is 19.1 Å². The van der Waals surface area contributed by atoms with Crippen molar-refractivity contribution in [2.75, 3.05) is 17.7 Å². The molecule has 2 aromatic rings. The molecule has 3 amide bonds. The largest absolute Gasteiger partial charge is 0.495 e. The summed E-state index contributed by atoms with van der Waals surface area (Å²) in [5.41, 5.74) is 2.12. The molecule has 0 aliphatic carbocycles. The van der Waals surface area contributed by atoms with Crippen LogP contribution in [0.4, 0.5) is 21.0 Å². The van der Waals surface area contributed by atoms with Crippen LogP contribution in [0.25, 0.3) is 0 Å². The second-order valence-corrected chi connectivity index (χ2v) is 6.90. The Bertz CT molecular complexity index is 1040. The minimum atomic E-state index is -0.606. The Kier molecular flexibility index (Phi) is 8.88. The molecule has 0 spiro atoms. The van der Waals surface area contributed by atoms with E-state index in [4.69, 9.17) is 20.0 Å². The van der Waals surface area contributed by atoms with Crippen molar-refractivity contribution in [3.63, 3.8) is 0 Å². The number of amides is 3. The zero-order chi connectivity index (χ0) is 23.5. The number of urea groups is 1. The van der Waals surface area contributed by atoms with Crippen LogP contribution in [0.2, 0.25) is 0 Å². The Morgan fingerprint density at radius 3 is 2.44 bits per heavy atom. The van der Waals surface area contributed by atoms with Crippen molar-refractivity contribution in [3.8, 4) is 17.9 Å². The number of benzene rings is 2. The van der Waals surface area contributed by atoms with E-state index >= 15 is 0 Å². The van der Waals surface area contributed by atoms with Gasteiger partial charge in [-0.25, -0.2) is 9.59 Å². The average molecular weight is 435 g/mol. The van der Waals surface area contributed by atoms with Gasteiger partial charge in [0.15, 0.2) is 0 Å². The molecule has 2 atom stereocenters. The maximum atomic E-state index is 12.4. The van der Waals surface area contributed by atoms with Crippen LogP contribution in [0.3, 0.4) is 0 Å². The molecule has 2 rings (SSSR count). The van der Waals surface area contributed by atoms with Gasteiger partial charge in [0, 0.05) is 17.4 Å². The molecule has 9 heteroatoms. The first-order valence-electron chi connectivity index (χ1n) is 10.00. The van der Waals surface area contributed by atoms with Crippen LogP contribution in [0.1, 0.15) is 43.9 Å². The Morgan fingerprint density at radius 2 is 1.81 bits per heavy atom. The van der Waals surface area contributed by atoms with E-state index in [-0.39, 0.29) is 12.5 Å². The molecule has 0 aromatic heterocycles. The molecule has 0 fully saturated rings. The molecule has 0 saturated heterocycles. The Morgan fingerprint density at radius 1 is 1.09 bits per heavy atom. The summed E-state index contributed by atoms with van der Waals surface area (Å²) >= 11 is 0. The van der Waals surface area contributed by atoms with E-state index in [0.29, 0.717) is 29.1 Å². The van der Waals surface area contributed by atoms with Crippen molar-refractivity contribution in [1.29, 1.82) is 10.5 Å². The molecule has 32 heavy (non-hydrogen) atoms. The standard InChI is InChI=1S/C23H25N5O4/c1-4-20(10-11-24)32-23(30)26-15(2)16-6-5-7-18(12-16)27-22(29)28-19-9-8-17(14-25)21(13-19)31-3/h5-9,12-13,15,20H,4,10H2,1-3H3,(H,26,30)(H2,27,28,29)/t15-,20-/m1/s1. The van der Waals surface area contributed by atoms with Gasteiger partial charge in [-0.3, -0.25) is 0 Å². The predicted molar refractivity (Wildman–Crippen MR) is 119 cm³/mol. The molecule has 166 valence electrons. The minimum absolute atomic E-state index is 0.137. The van der Waals surface area contributed by atoms with E-state index in [2.05, 4.69) is 16.0 Å².